The third-order valence-electron chi connectivity index (χ3n) is 5.28. The van der Waals surface area contributed by atoms with Gasteiger partial charge in [0.2, 0.25) is 0 Å². The standard InChI is InChI=1S/C15H16N2O3S/c1-8-10(7-18)21-12-11(8)13(19)17(14(20)16-12)9-5-15(6-9)3-2-4-15/h7,9H,2-6H2,1H3,(H,16,20). The summed E-state index contributed by atoms with van der Waals surface area (Å²) in [5.74, 6) is 0. The lowest BCUT2D eigenvalue weighted by Crippen LogP contribution is -2.50. The second-order valence-corrected chi connectivity index (χ2v) is 7.49. The summed E-state index contributed by atoms with van der Waals surface area (Å²) in [5, 5.41) is 0.497. The highest BCUT2D eigenvalue weighted by atomic mass is 32.1. The minimum atomic E-state index is -0.342. The molecule has 2 saturated carbocycles. The van der Waals surface area contributed by atoms with E-state index < -0.39 is 0 Å². The number of nitrogens with zero attached hydrogens (tertiary/aromatic N) is 1. The molecule has 2 aliphatic rings. The molecular formula is C15H16N2O3S. The summed E-state index contributed by atoms with van der Waals surface area (Å²) in [6.45, 7) is 1.76. The van der Waals surface area contributed by atoms with Crippen molar-refractivity contribution in [2.45, 2.75) is 45.1 Å². The van der Waals surface area contributed by atoms with Gasteiger partial charge in [-0.1, -0.05) is 6.42 Å². The van der Waals surface area contributed by atoms with Crippen molar-refractivity contribution in [1.82, 2.24) is 9.55 Å². The van der Waals surface area contributed by atoms with E-state index in [1.165, 1.54) is 35.2 Å². The van der Waals surface area contributed by atoms with Gasteiger partial charge in [-0.05, 0) is 43.6 Å². The maximum Gasteiger partial charge on any atom is 0.329 e. The summed E-state index contributed by atoms with van der Waals surface area (Å²) in [4.78, 5) is 39.7. The Kier molecular flexibility index (Phi) is 2.58. The molecule has 110 valence electrons. The summed E-state index contributed by atoms with van der Waals surface area (Å²) in [6.07, 6.45) is 6.34. The second-order valence-electron chi connectivity index (χ2n) is 6.43. The number of thiophene rings is 1. The van der Waals surface area contributed by atoms with Crippen LogP contribution in [0.1, 0.15) is 53.4 Å². The first kappa shape index (κ1) is 13.0. The number of carbonyl (C=O) groups is 1. The Bertz CT molecular complexity index is 861. The van der Waals surface area contributed by atoms with Gasteiger partial charge < -0.3 is 0 Å². The molecule has 0 amide bonds. The number of H-pyrrole nitrogens is 1. The summed E-state index contributed by atoms with van der Waals surface area (Å²) in [7, 11) is 0. The maximum atomic E-state index is 12.7. The lowest BCUT2D eigenvalue weighted by atomic mass is 9.54. The molecule has 4 rings (SSSR count). The van der Waals surface area contributed by atoms with Crippen molar-refractivity contribution in [2.24, 2.45) is 5.41 Å². The Hall–Kier alpha value is -1.69. The van der Waals surface area contributed by atoms with E-state index in [1.807, 2.05) is 0 Å². The van der Waals surface area contributed by atoms with E-state index in [0.29, 0.717) is 26.1 Å². The zero-order valence-corrected chi connectivity index (χ0v) is 12.6. The quantitative estimate of drug-likeness (QED) is 0.866. The number of fused-ring (bicyclic) bond motifs is 1. The normalized spacial score (nSPS) is 20.4. The Morgan fingerprint density at radius 3 is 2.62 bits per heavy atom. The zero-order chi connectivity index (χ0) is 14.8. The van der Waals surface area contributed by atoms with Gasteiger partial charge in [0.1, 0.15) is 4.83 Å². The smallest absolute Gasteiger partial charge is 0.298 e. The molecular weight excluding hydrogens is 288 g/mol. The lowest BCUT2D eigenvalue weighted by molar-refractivity contribution is -0.0200. The molecule has 2 fully saturated rings. The molecule has 2 aliphatic carbocycles. The molecule has 0 unspecified atom stereocenters. The molecule has 2 aromatic rings. The highest BCUT2D eigenvalue weighted by Gasteiger charge is 2.49. The van der Waals surface area contributed by atoms with E-state index in [-0.39, 0.29) is 17.3 Å². The number of nitrogens with one attached hydrogen (secondary N) is 1. The molecule has 1 N–H and O–H groups in total. The van der Waals surface area contributed by atoms with Gasteiger partial charge in [-0.25, -0.2) is 4.79 Å². The molecule has 0 aliphatic heterocycles. The molecule has 6 heteroatoms. The molecule has 0 aromatic carbocycles. The van der Waals surface area contributed by atoms with Gasteiger partial charge in [-0.2, -0.15) is 0 Å². The van der Waals surface area contributed by atoms with Crippen LogP contribution in [0.2, 0.25) is 0 Å². The number of aromatic amines is 1. The molecule has 1 spiro atoms. The van der Waals surface area contributed by atoms with Crippen molar-refractivity contribution >= 4 is 27.8 Å². The molecule has 5 nitrogen and oxygen atoms in total. The van der Waals surface area contributed by atoms with Crippen LogP contribution >= 0.6 is 11.3 Å². The largest absolute Gasteiger partial charge is 0.329 e. The fourth-order valence-electron chi connectivity index (χ4n) is 3.90. The van der Waals surface area contributed by atoms with Crippen molar-refractivity contribution in [3.05, 3.63) is 31.3 Å². The van der Waals surface area contributed by atoms with Gasteiger partial charge in [0.05, 0.1) is 10.3 Å². The number of carbonyl (C=O) groups excluding carboxylic acids is 1. The predicted molar refractivity (Wildman–Crippen MR) is 81.4 cm³/mol. The average molecular weight is 304 g/mol. The summed E-state index contributed by atoms with van der Waals surface area (Å²) in [6, 6.07) is 0.0185. The SMILES string of the molecule is Cc1c(C=O)sc2[nH]c(=O)n(C3CC4(CCC4)C3)c(=O)c12. The van der Waals surface area contributed by atoms with Gasteiger partial charge in [0.25, 0.3) is 5.56 Å². The predicted octanol–water partition coefficient (Wildman–Crippen LogP) is 2.38. The molecule has 0 radical (unpaired) electrons. The van der Waals surface area contributed by atoms with Crippen molar-refractivity contribution in [1.29, 1.82) is 0 Å². The van der Waals surface area contributed by atoms with E-state index in [2.05, 4.69) is 4.98 Å². The number of aromatic nitrogens is 2. The second kappa shape index (κ2) is 4.16. The number of aldehydes is 1. The molecule has 21 heavy (non-hydrogen) atoms. The summed E-state index contributed by atoms with van der Waals surface area (Å²) in [5.41, 5.74) is 0.501. The van der Waals surface area contributed by atoms with E-state index >= 15 is 0 Å². The van der Waals surface area contributed by atoms with Gasteiger partial charge in [-0.3, -0.25) is 19.1 Å². The minimum Gasteiger partial charge on any atom is -0.298 e. The molecule has 2 aromatic heterocycles. The zero-order valence-electron chi connectivity index (χ0n) is 11.8. The van der Waals surface area contributed by atoms with E-state index in [0.717, 1.165) is 19.1 Å². The van der Waals surface area contributed by atoms with Crippen molar-refractivity contribution in [3.8, 4) is 0 Å². The van der Waals surface area contributed by atoms with Crippen molar-refractivity contribution in [2.75, 3.05) is 0 Å². The third kappa shape index (κ3) is 1.65. The lowest BCUT2D eigenvalue weighted by Gasteiger charge is -2.54. The Labute approximate surface area is 124 Å². The van der Waals surface area contributed by atoms with Crippen LogP contribution in [0.4, 0.5) is 0 Å². The minimum absolute atomic E-state index is 0.0185. The number of hydrogen-bond donors (Lipinski definition) is 1. The van der Waals surface area contributed by atoms with Crippen molar-refractivity contribution in [3.63, 3.8) is 0 Å². The monoisotopic (exact) mass is 304 g/mol. The Balaban J connectivity index is 1.86. The molecule has 2 heterocycles. The van der Waals surface area contributed by atoms with Gasteiger partial charge in [0, 0.05) is 6.04 Å². The van der Waals surface area contributed by atoms with Crippen LogP contribution in [0.25, 0.3) is 10.2 Å². The first-order valence-corrected chi connectivity index (χ1v) is 8.09. The molecule has 0 bridgehead atoms. The van der Waals surface area contributed by atoms with E-state index in [9.17, 15) is 14.4 Å². The topological polar surface area (TPSA) is 71.9 Å². The summed E-state index contributed by atoms with van der Waals surface area (Å²) < 4.78 is 1.38. The van der Waals surface area contributed by atoms with Crippen LogP contribution in [0, 0.1) is 12.3 Å². The highest BCUT2D eigenvalue weighted by molar-refractivity contribution is 7.20. The van der Waals surface area contributed by atoms with Crippen LogP contribution in [0.15, 0.2) is 9.59 Å². The van der Waals surface area contributed by atoms with Gasteiger partial charge in [0.15, 0.2) is 6.29 Å². The van der Waals surface area contributed by atoms with Gasteiger partial charge in [-0.15, -0.1) is 11.3 Å². The van der Waals surface area contributed by atoms with Crippen LogP contribution in [-0.2, 0) is 0 Å². The third-order valence-corrected chi connectivity index (χ3v) is 6.41. The first-order chi connectivity index (χ1) is 10.0. The number of hydrogen-bond acceptors (Lipinski definition) is 4. The maximum absolute atomic E-state index is 12.7. The average Bonchev–Trinajstić information content (AvgIpc) is 2.66. The van der Waals surface area contributed by atoms with Crippen LogP contribution in [0.3, 0.4) is 0 Å². The van der Waals surface area contributed by atoms with Crippen LogP contribution < -0.4 is 11.2 Å². The molecule has 0 saturated heterocycles. The first-order valence-electron chi connectivity index (χ1n) is 7.28. The van der Waals surface area contributed by atoms with E-state index in [1.54, 1.807) is 6.92 Å². The Morgan fingerprint density at radius 1 is 1.33 bits per heavy atom. The number of rotatable bonds is 2. The Morgan fingerprint density at radius 2 is 2.05 bits per heavy atom. The number of aryl methyl sites for hydroxylation is 1. The fraction of sp³-hybridized carbons (Fsp3) is 0.533. The van der Waals surface area contributed by atoms with Crippen LogP contribution in [0.5, 0.6) is 0 Å². The van der Waals surface area contributed by atoms with E-state index in [4.69, 9.17) is 0 Å². The fourth-order valence-corrected chi connectivity index (χ4v) is 4.90. The van der Waals surface area contributed by atoms with Gasteiger partial charge >= 0.3 is 5.69 Å². The highest BCUT2D eigenvalue weighted by Crippen LogP contribution is 2.59. The van der Waals surface area contributed by atoms with Crippen LogP contribution in [-0.4, -0.2) is 15.8 Å². The summed E-state index contributed by atoms with van der Waals surface area (Å²) >= 11 is 1.18. The molecule has 0 atom stereocenters. The van der Waals surface area contributed by atoms with Crippen molar-refractivity contribution < 1.29 is 4.79 Å².